The van der Waals surface area contributed by atoms with Gasteiger partial charge in [0.15, 0.2) is 11.6 Å². The van der Waals surface area contributed by atoms with Gasteiger partial charge in [-0.15, -0.1) is 0 Å². The molecule has 4 nitrogen and oxygen atoms in total. The van der Waals surface area contributed by atoms with Crippen molar-refractivity contribution in [2.75, 3.05) is 12.4 Å². The van der Waals surface area contributed by atoms with Crippen molar-refractivity contribution in [3.05, 3.63) is 41.6 Å². The molecule has 1 N–H and O–H groups in total. The van der Waals surface area contributed by atoms with Gasteiger partial charge in [0.25, 0.3) is 0 Å². The van der Waals surface area contributed by atoms with E-state index < -0.39 is 0 Å². The Bertz CT molecular complexity index is 713. The average molecular weight is 253 g/mol. The topological polar surface area (TPSA) is 51.0 Å². The molecule has 0 saturated heterocycles. The first-order valence-corrected chi connectivity index (χ1v) is 6.21. The van der Waals surface area contributed by atoms with Gasteiger partial charge in [-0.1, -0.05) is 18.2 Å². The molecule has 0 aliphatic carbocycles. The number of hydrogen-bond acceptors (Lipinski definition) is 4. The van der Waals surface area contributed by atoms with Gasteiger partial charge in [-0.3, -0.25) is 0 Å². The maximum atomic E-state index is 5.80. The van der Waals surface area contributed by atoms with Crippen molar-refractivity contribution < 1.29 is 4.42 Å². The summed E-state index contributed by atoms with van der Waals surface area (Å²) >= 11 is 0. The fraction of sp³-hybridized carbons (Fsp3) is 0.200. The molecule has 0 aliphatic rings. The van der Waals surface area contributed by atoms with Crippen LogP contribution in [-0.4, -0.2) is 17.0 Å². The van der Waals surface area contributed by atoms with E-state index >= 15 is 0 Å². The zero-order valence-corrected chi connectivity index (χ0v) is 11.2. The zero-order chi connectivity index (χ0) is 13.4. The molecule has 3 aromatic rings. The highest BCUT2D eigenvalue weighted by Gasteiger charge is 2.12. The van der Waals surface area contributed by atoms with Crippen LogP contribution in [0.4, 0.5) is 5.82 Å². The van der Waals surface area contributed by atoms with Crippen LogP contribution in [0, 0.1) is 13.8 Å². The molecule has 0 amide bonds. The van der Waals surface area contributed by atoms with E-state index in [-0.39, 0.29) is 0 Å². The smallest absolute Gasteiger partial charge is 0.197 e. The Kier molecular flexibility index (Phi) is 2.71. The Balaban J connectivity index is 2.18. The largest absolute Gasteiger partial charge is 0.453 e. The lowest BCUT2D eigenvalue weighted by Crippen LogP contribution is -2.02. The molecule has 0 atom stereocenters. The van der Waals surface area contributed by atoms with Crippen molar-refractivity contribution in [1.29, 1.82) is 0 Å². The summed E-state index contributed by atoms with van der Waals surface area (Å²) in [6.45, 7) is 3.98. The number of para-hydroxylation sites is 1. The summed E-state index contributed by atoms with van der Waals surface area (Å²) in [6.07, 6.45) is 0. The first-order chi connectivity index (χ1) is 9.19. The van der Waals surface area contributed by atoms with Crippen molar-refractivity contribution in [1.82, 2.24) is 9.97 Å². The minimum Gasteiger partial charge on any atom is -0.453 e. The molecule has 19 heavy (non-hydrogen) atoms. The van der Waals surface area contributed by atoms with Crippen LogP contribution in [0.25, 0.3) is 22.6 Å². The summed E-state index contributed by atoms with van der Waals surface area (Å²) in [5, 5.41) is 4.15. The van der Waals surface area contributed by atoms with Gasteiger partial charge in [0, 0.05) is 23.7 Å². The molecule has 3 rings (SSSR count). The van der Waals surface area contributed by atoms with Crippen LogP contribution < -0.4 is 5.32 Å². The van der Waals surface area contributed by atoms with E-state index in [2.05, 4.69) is 15.3 Å². The summed E-state index contributed by atoms with van der Waals surface area (Å²) < 4.78 is 5.80. The van der Waals surface area contributed by atoms with Gasteiger partial charge >= 0.3 is 0 Å². The number of benzene rings is 1. The molecule has 0 saturated carbocycles. The van der Waals surface area contributed by atoms with Crippen LogP contribution in [0.15, 0.2) is 34.7 Å². The number of nitrogens with one attached hydrogen (secondary N) is 1. The van der Waals surface area contributed by atoms with E-state index in [0.717, 1.165) is 28.0 Å². The second-order valence-corrected chi connectivity index (χ2v) is 4.50. The number of nitrogens with zero attached hydrogens (tertiary/aromatic N) is 2. The standard InChI is InChI=1S/C15H15N3O/c1-9-10(2)17-15(18-14(9)16-3)13-8-11-6-4-5-7-12(11)19-13/h4-8H,1-3H3,(H,16,17,18). The number of furan rings is 1. The molecule has 0 bridgehead atoms. The summed E-state index contributed by atoms with van der Waals surface area (Å²) in [5.41, 5.74) is 2.86. The third-order valence-corrected chi connectivity index (χ3v) is 3.27. The lowest BCUT2D eigenvalue weighted by atomic mass is 10.2. The van der Waals surface area contributed by atoms with Gasteiger partial charge in [0.05, 0.1) is 0 Å². The van der Waals surface area contributed by atoms with Crippen molar-refractivity contribution in [3.63, 3.8) is 0 Å². The van der Waals surface area contributed by atoms with Crippen molar-refractivity contribution in [2.45, 2.75) is 13.8 Å². The molecule has 0 fully saturated rings. The monoisotopic (exact) mass is 253 g/mol. The first kappa shape index (κ1) is 11.7. The number of anilines is 1. The maximum Gasteiger partial charge on any atom is 0.197 e. The predicted molar refractivity (Wildman–Crippen MR) is 76.3 cm³/mol. The maximum absolute atomic E-state index is 5.80. The molecule has 2 aromatic heterocycles. The molecule has 0 aliphatic heterocycles. The van der Waals surface area contributed by atoms with Crippen LogP contribution in [0.3, 0.4) is 0 Å². The highest BCUT2D eigenvalue weighted by molar-refractivity contribution is 5.81. The van der Waals surface area contributed by atoms with E-state index in [1.54, 1.807) is 0 Å². The van der Waals surface area contributed by atoms with Gasteiger partial charge in [0.2, 0.25) is 0 Å². The lowest BCUT2D eigenvalue weighted by Gasteiger charge is -2.07. The fourth-order valence-electron chi connectivity index (χ4n) is 2.07. The third kappa shape index (κ3) is 1.95. The molecular formula is C15H15N3O. The minimum atomic E-state index is 0.614. The fourth-order valence-corrected chi connectivity index (χ4v) is 2.07. The summed E-state index contributed by atoms with van der Waals surface area (Å²) in [5.74, 6) is 2.15. The SMILES string of the molecule is CNc1nc(-c2cc3ccccc3o2)nc(C)c1C. The minimum absolute atomic E-state index is 0.614. The second-order valence-electron chi connectivity index (χ2n) is 4.50. The van der Waals surface area contributed by atoms with Gasteiger partial charge in [-0.25, -0.2) is 9.97 Å². The Labute approximate surface area is 111 Å². The van der Waals surface area contributed by atoms with E-state index in [1.807, 2.05) is 51.2 Å². The van der Waals surface area contributed by atoms with E-state index in [9.17, 15) is 0 Å². The summed E-state index contributed by atoms with van der Waals surface area (Å²) in [7, 11) is 1.86. The Morgan fingerprint density at radius 2 is 1.89 bits per heavy atom. The number of hydrogen-bond donors (Lipinski definition) is 1. The zero-order valence-electron chi connectivity index (χ0n) is 11.2. The Morgan fingerprint density at radius 3 is 2.63 bits per heavy atom. The molecule has 0 unspecified atom stereocenters. The van der Waals surface area contributed by atoms with E-state index in [0.29, 0.717) is 11.6 Å². The van der Waals surface area contributed by atoms with Gasteiger partial charge in [0.1, 0.15) is 11.4 Å². The molecule has 0 spiro atoms. The normalized spacial score (nSPS) is 10.9. The number of fused-ring (bicyclic) bond motifs is 1. The van der Waals surface area contributed by atoms with Gasteiger partial charge in [-0.05, 0) is 26.0 Å². The summed E-state index contributed by atoms with van der Waals surface area (Å²) in [4.78, 5) is 9.00. The molecule has 96 valence electrons. The average Bonchev–Trinajstić information content (AvgIpc) is 2.85. The van der Waals surface area contributed by atoms with Crippen molar-refractivity contribution in [3.8, 4) is 11.6 Å². The van der Waals surface area contributed by atoms with E-state index in [4.69, 9.17) is 4.42 Å². The number of aromatic nitrogens is 2. The van der Waals surface area contributed by atoms with Crippen molar-refractivity contribution in [2.24, 2.45) is 0 Å². The molecular weight excluding hydrogens is 238 g/mol. The highest BCUT2D eigenvalue weighted by Crippen LogP contribution is 2.27. The summed E-state index contributed by atoms with van der Waals surface area (Å²) in [6, 6.07) is 9.87. The highest BCUT2D eigenvalue weighted by atomic mass is 16.3. The van der Waals surface area contributed by atoms with E-state index in [1.165, 1.54) is 0 Å². The van der Waals surface area contributed by atoms with Gasteiger partial charge < -0.3 is 9.73 Å². The quantitative estimate of drug-likeness (QED) is 0.758. The van der Waals surface area contributed by atoms with Crippen LogP contribution in [0.2, 0.25) is 0 Å². The number of rotatable bonds is 2. The molecule has 0 radical (unpaired) electrons. The van der Waals surface area contributed by atoms with Crippen LogP contribution in [-0.2, 0) is 0 Å². The Morgan fingerprint density at radius 1 is 1.11 bits per heavy atom. The Hall–Kier alpha value is -2.36. The molecule has 4 heteroatoms. The molecule has 2 heterocycles. The van der Waals surface area contributed by atoms with Crippen molar-refractivity contribution >= 4 is 16.8 Å². The van der Waals surface area contributed by atoms with Gasteiger partial charge in [-0.2, -0.15) is 0 Å². The predicted octanol–water partition coefficient (Wildman–Crippen LogP) is 3.55. The third-order valence-electron chi connectivity index (χ3n) is 3.27. The van der Waals surface area contributed by atoms with Crippen LogP contribution in [0.1, 0.15) is 11.3 Å². The second kappa shape index (κ2) is 4.39. The van der Waals surface area contributed by atoms with Crippen LogP contribution >= 0.6 is 0 Å². The first-order valence-electron chi connectivity index (χ1n) is 6.21. The number of aryl methyl sites for hydroxylation is 1. The lowest BCUT2D eigenvalue weighted by molar-refractivity contribution is 0.624. The molecule has 1 aromatic carbocycles. The van der Waals surface area contributed by atoms with Crippen LogP contribution in [0.5, 0.6) is 0 Å².